The van der Waals surface area contributed by atoms with E-state index in [9.17, 15) is 44.4 Å². The SMILES string of the molecule is CC(C)(O/N=C(\C(=O)N[C@@H]1C(=O)N2C(C(=O)O)=C(C[N+]3(CCNC(=O)c4ccc5cc(O)c(O)cc5c4)CCCC3)CS[C@H]12)c1csc(N)n1)C(=O)O. The summed E-state index contributed by atoms with van der Waals surface area (Å²) in [4.78, 5) is 74.6. The maximum atomic E-state index is 13.5. The van der Waals surface area contributed by atoms with Crippen LogP contribution in [-0.2, 0) is 24.0 Å². The summed E-state index contributed by atoms with van der Waals surface area (Å²) in [5.74, 6) is -4.69. The summed E-state index contributed by atoms with van der Waals surface area (Å²) in [5.41, 5.74) is 4.38. The largest absolute Gasteiger partial charge is 0.504 e. The third-order valence-corrected chi connectivity index (χ3v) is 11.5. The van der Waals surface area contributed by atoms with E-state index in [1.54, 1.807) is 18.2 Å². The Hall–Kier alpha value is -5.40. The zero-order valence-electron chi connectivity index (χ0n) is 28.7. The minimum absolute atomic E-state index is 0.00837. The molecule has 2 fully saturated rings. The molecule has 1 aromatic heterocycles. The summed E-state index contributed by atoms with van der Waals surface area (Å²) >= 11 is 2.33. The van der Waals surface area contributed by atoms with Gasteiger partial charge in [-0.3, -0.25) is 19.3 Å². The number of rotatable bonds is 13. The summed E-state index contributed by atoms with van der Waals surface area (Å²) in [7, 11) is 0. The van der Waals surface area contributed by atoms with E-state index in [0.717, 1.165) is 37.3 Å². The second-order valence-electron chi connectivity index (χ2n) is 13.6. The number of phenolic OH excluding ortho intramolecular Hbond substituents is 2. The Labute approximate surface area is 310 Å². The van der Waals surface area contributed by atoms with Gasteiger partial charge in [0, 0.05) is 35.1 Å². The lowest BCUT2D eigenvalue weighted by Gasteiger charge is -2.50. The fourth-order valence-electron chi connectivity index (χ4n) is 6.61. The number of nitrogens with one attached hydrogen (secondary N) is 2. The number of nitrogen functional groups attached to an aromatic ring is 1. The molecule has 0 spiro atoms. The van der Waals surface area contributed by atoms with Crippen LogP contribution in [-0.4, -0.2) is 126 Å². The highest BCUT2D eigenvalue weighted by Gasteiger charge is 2.55. The van der Waals surface area contributed by atoms with Crippen molar-refractivity contribution < 1.29 is 53.7 Å². The molecular formula is C34H38N7O10S2+. The van der Waals surface area contributed by atoms with Gasteiger partial charge in [0.2, 0.25) is 5.60 Å². The number of quaternary nitrogens is 1. The number of aromatic hydroxyl groups is 2. The van der Waals surface area contributed by atoms with Gasteiger partial charge in [-0.1, -0.05) is 11.2 Å². The van der Waals surface area contributed by atoms with Crippen molar-refractivity contribution in [2.45, 2.75) is 43.7 Å². The average molecular weight is 769 g/mol. The molecule has 0 saturated carbocycles. The quantitative estimate of drug-likeness (QED) is 0.0430. The number of carboxylic acids is 2. The van der Waals surface area contributed by atoms with Crippen molar-refractivity contribution in [2.75, 3.05) is 44.2 Å². The van der Waals surface area contributed by atoms with Crippen LogP contribution in [0.15, 0.2) is 52.1 Å². The molecule has 4 heterocycles. The van der Waals surface area contributed by atoms with Crippen molar-refractivity contribution in [3.8, 4) is 11.5 Å². The van der Waals surface area contributed by atoms with Crippen LogP contribution in [0, 0.1) is 0 Å². The van der Waals surface area contributed by atoms with Crippen molar-refractivity contribution in [2.24, 2.45) is 5.16 Å². The third kappa shape index (κ3) is 7.58. The Morgan fingerprint density at radius 1 is 1.09 bits per heavy atom. The second-order valence-corrected chi connectivity index (χ2v) is 15.6. The van der Waals surface area contributed by atoms with Gasteiger partial charge < -0.3 is 46.1 Å². The number of benzene rings is 2. The highest BCUT2D eigenvalue weighted by atomic mass is 32.2. The molecule has 3 aromatic rings. The molecule has 3 aliphatic heterocycles. The lowest BCUT2D eigenvalue weighted by atomic mass is 10.0. The minimum Gasteiger partial charge on any atom is -0.504 e. The molecule has 19 heteroatoms. The Morgan fingerprint density at radius 3 is 2.43 bits per heavy atom. The van der Waals surface area contributed by atoms with Crippen LogP contribution >= 0.6 is 23.1 Å². The van der Waals surface area contributed by atoms with Gasteiger partial charge in [0.1, 0.15) is 29.4 Å². The molecule has 2 aromatic carbocycles. The van der Waals surface area contributed by atoms with Gasteiger partial charge in [0.15, 0.2) is 22.3 Å². The number of hydrogen-bond donors (Lipinski definition) is 7. The van der Waals surface area contributed by atoms with Gasteiger partial charge in [-0.2, -0.15) is 0 Å². The van der Waals surface area contributed by atoms with E-state index in [2.05, 4.69) is 20.8 Å². The van der Waals surface area contributed by atoms with E-state index in [1.165, 1.54) is 48.0 Å². The van der Waals surface area contributed by atoms with E-state index in [0.29, 0.717) is 46.0 Å². The number of oxime groups is 1. The Kier molecular flexibility index (Phi) is 10.3. The van der Waals surface area contributed by atoms with Crippen LogP contribution in [0.3, 0.4) is 0 Å². The number of carbonyl (C=O) groups excluding carboxylic acids is 3. The lowest BCUT2D eigenvalue weighted by molar-refractivity contribution is -0.911. The lowest BCUT2D eigenvalue weighted by Crippen LogP contribution is -2.71. The van der Waals surface area contributed by atoms with Crippen molar-refractivity contribution >= 4 is 74.4 Å². The Morgan fingerprint density at radius 2 is 1.79 bits per heavy atom. The number of carboxylic acid groups (broad SMARTS) is 2. The van der Waals surface area contributed by atoms with Crippen LogP contribution < -0.4 is 16.4 Å². The number of fused-ring (bicyclic) bond motifs is 2. The molecule has 0 bridgehead atoms. The first-order valence-electron chi connectivity index (χ1n) is 16.6. The smallest absolute Gasteiger partial charge is 0.352 e. The number of anilines is 1. The van der Waals surface area contributed by atoms with Crippen LogP contribution in [0.1, 0.15) is 42.7 Å². The molecule has 0 unspecified atom stereocenters. The van der Waals surface area contributed by atoms with Gasteiger partial charge in [0.25, 0.3) is 17.7 Å². The highest BCUT2D eigenvalue weighted by molar-refractivity contribution is 8.00. The number of likely N-dealkylation sites (tertiary alicyclic amines) is 1. The monoisotopic (exact) mass is 768 g/mol. The molecule has 17 nitrogen and oxygen atoms in total. The molecule has 3 amide bonds. The molecular weight excluding hydrogens is 731 g/mol. The first kappa shape index (κ1) is 37.4. The standard InChI is InChI=1S/C34H37N7O10S2/c1-34(2,32(49)50)51-39-24(21-16-53-33(35)37-21)28(45)38-25-29(46)40-26(31(47)48)20(15-52-30(25)40)14-41(8-3-4-9-41)10-7-36-27(44)18-6-5-17-12-22(42)23(43)13-19(17)11-18/h5-6,11-13,16,25,30H,3-4,7-10,14-15H2,1-2H3,(H7-,35,36,37,38,39,42,43,44,45,47,48,49,50)/p+1/t25-,30-/m1/s1. The molecule has 8 N–H and O–H groups in total. The zero-order valence-corrected chi connectivity index (χ0v) is 30.3. The fraction of sp³-hybridized carbons (Fsp3) is 0.382. The Bertz CT molecular complexity index is 2070. The third-order valence-electron chi connectivity index (χ3n) is 9.50. The van der Waals surface area contributed by atoms with E-state index in [-0.39, 0.29) is 39.7 Å². The van der Waals surface area contributed by atoms with Gasteiger partial charge >= 0.3 is 11.9 Å². The van der Waals surface area contributed by atoms with E-state index in [4.69, 9.17) is 10.6 Å². The maximum absolute atomic E-state index is 13.5. The average Bonchev–Trinajstić information content (AvgIpc) is 3.76. The molecule has 280 valence electrons. The highest BCUT2D eigenvalue weighted by Crippen LogP contribution is 2.41. The second kappa shape index (κ2) is 14.6. The molecule has 53 heavy (non-hydrogen) atoms. The van der Waals surface area contributed by atoms with Crippen molar-refractivity contribution in [1.82, 2.24) is 20.5 Å². The predicted molar refractivity (Wildman–Crippen MR) is 194 cm³/mol. The Balaban J connectivity index is 1.14. The predicted octanol–water partition coefficient (Wildman–Crippen LogP) is 1.65. The number of phenols is 2. The van der Waals surface area contributed by atoms with E-state index >= 15 is 0 Å². The van der Waals surface area contributed by atoms with Gasteiger partial charge in [0.05, 0.1) is 26.2 Å². The van der Waals surface area contributed by atoms with Crippen LogP contribution in [0.2, 0.25) is 0 Å². The van der Waals surface area contributed by atoms with Crippen molar-refractivity contribution in [3.05, 3.63) is 58.2 Å². The topological polar surface area (TPSA) is 254 Å². The number of carbonyl (C=O) groups is 5. The molecule has 2 saturated heterocycles. The molecule has 3 aliphatic rings. The minimum atomic E-state index is -1.79. The van der Waals surface area contributed by atoms with Crippen molar-refractivity contribution in [3.63, 3.8) is 0 Å². The number of amides is 3. The number of thioether (sulfide) groups is 1. The number of aliphatic carboxylic acids is 2. The summed E-state index contributed by atoms with van der Waals surface area (Å²) in [6.45, 7) is 5.19. The molecule has 2 atom stereocenters. The summed E-state index contributed by atoms with van der Waals surface area (Å²) < 4.78 is 0.522. The van der Waals surface area contributed by atoms with Gasteiger partial charge in [-0.25, -0.2) is 14.6 Å². The molecule has 0 aliphatic carbocycles. The number of thiazole rings is 1. The van der Waals surface area contributed by atoms with Gasteiger partial charge in [-0.05, 0) is 48.9 Å². The van der Waals surface area contributed by atoms with Crippen LogP contribution in [0.4, 0.5) is 5.13 Å². The van der Waals surface area contributed by atoms with Crippen LogP contribution in [0.25, 0.3) is 10.8 Å². The number of aromatic nitrogens is 1. The first-order chi connectivity index (χ1) is 25.1. The van der Waals surface area contributed by atoms with Crippen LogP contribution in [0.5, 0.6) is 11.5 Å². The maximum Gasteiger partial charge on any atom is 0.352 e. The van der Waals surface area contributed by atoms with E-state index < -0.39 is 46.5 Å². The van der Waals surface area contributed by atoms with Crippen molar-refractivity contribution in [1.29, 1.82) is 0 Å². The number of nitrogens with two attached hydrogens (primary N) is 1. The van der Waals surface area contributed by atoms with Gasteiger partial charge in [-0.15, -0.1) is 23.1 Å². The molecule has 6 rings (SSSR count). The summed E-state index contributed by atoms with van der Waals surface area (Å²) in [5, 5.41) is 50.8. The number of β-lactam (4-membered cyclic amide) rings is 1. The summed E-state index contributed by atoms with van der Waals surface area (Å²) in [6.07, 6.45) is 1.83. The zero-order chi connectivity index (χ0) is 38.2. The first-order valence-corrected chi connectivity index (χ1v) is 18.5. The summed E-state index contributed by atoms with van der Waals surface area (Å²) in [6, 6.07) is 6.63. The van der Waals surface area contributed by atoms with E-state index in [1.807, 2.05) is 0 Å². The fourth-order valence-corrected chi connectivity index (χ4v) is 8.49. The molecule has 0 radical (unpaired) electrons. The number of hydrogen-bond acceptors (Lipinski definition) is 13. The number of nitrogens with zero attached hydrogens (tertiary/aromatic N) is 4. The normalized spacial score (nSPS) is 19.8.